The SMILES string of the molecule is COC(=O)C1(OC)CC(C)C(=O)CC1=O. The molecule has 5 nitrogen and oxygen atoms in total. The van der Waals surface area contributed by atoms with Gasteiger partial charge in [0, 0.05) is 19.4 Å². The molecule has 0 radical (unpaired) electrons. The molecule has 1 rings (SSSR count). The van der Waals surface area contributed by atoms with Gasteiger partial charge in [0.15, 0.2) is 5.78 Å². The van der Waals surface area contributed by atoms with Crippen molar-refractivity contribution in [2.75, 3.05) is 14.2 Å². The third kappa shape index (κ3) is 1.79. The van der Waals surface area contributed by atoms with Crippen LogP contribution in [0.2, 0.25) is 0 Å². The van der Waals surface area contributed by atoms with E-state index in [2.05, 4.69) is 4.74 Å². The topological polar surface area (TPSA) is 69.7 Å². The molecule has 0 bridgehead atoms. The minimum Gasteiger partial charge on any atom is -0.467 e. The zero-order valence-electron chi connectivity index (χ0n) is 9.03. The number of methoxy groups -OCH3 is 2. The number of rotatable bonds is 2. The summed E-state index contributed by atoms with van der Waals surface area (Å²) in [4.78, 5) is 34.5. The van der Waals surface area contributed by atoms with Gasteiger partial charge in [0.1, 0.15) is 5.78 Å². The van der Waals surface area contributed by atoms with Crippen LogP contribution in [-0.4, -0.2) is 37.4 Å². The van der Waals surface area contributed by atoms with Gasteiger partial charge in [-0.1, -0.05) is 6.92 Å². The molecule has 0 saturated heterocycles. The fourth-order valence-corrected chi connectivity index (χ4v) is 1.78. The average Bonchev–Trinajstić information content (AvgIpc) is 2.22. The van der Waals surface area contributed by atoms with E-state index < -0.39 is 17.4 Å². The highest BCUT2D eigenvalue weighted by molar-refractivity contribution is 6.16. The van der Waals surface area contributed by atoms with Gasteiger partial charge in [-0.15, -0.1) is 0 Å². The predicted octanol–water partition coefficient (Wildman–Crippen LogP) is 0.113. The Morgan fingerprint density at radius 3 is 2.47 bits per heavy atom. The molecule has 84 valence electrons. The molecule has 2 atom stereocenters. The third-order valence-corrected chi connectivity index (χ3v) is 2.79. The summed E-state index contributed by atoms with van der Waals surface area (Å²) in [5.74, 6) is -1.76. The van der Waals surface area contributed by atoms with E-state index in [1.165, 1.54) is 14.2 Å². The Hall–Kier alpha value is -1.23. The van der Waals surface area contributed by atoms with Crippen molar-refractivity contribution >= 4 is 17.5 Å². The number of hydrogen-bond donors (Lipinski definition) is 0. The zero-order chi connectivity index (χ0) is 11.6. The highest BCUT2D eigenvalue weighted by Crippen LogP contribution is 2.31. The summed E-state index contributed by atoms with van der Waals surface area (Å²) in [7, 11) is 2.47. The summed E-state index contributed by atoms with van der Waals surface area (Å²) < 4.78 is 9.53. The van der Waals surface area contributed by atoms with E-state index in [4.69, 9.17) is 4.74 Å². The van der Waals surface area contributed by atoms with Gasteiger partial charge in [0.2, 0.25) is 5.60 Å². The maximum absolute atomic E-state index is 11.7. The third-order valence-electron chi connectivity index (χ3n) is 2.79. The lowest BCUT2D eigenvalue weighted by Crippen LogP contribution is -2.54. The van der Waals surface area contributed by atoms with Gasteiger partial charge in [-0.2, -0.15) is 0 Å². The number of carbonyl (C=O) groups excluding carboxylic acids is 3. The lowest BCUT2D eigenvalue weighted by atomic mass is 9.77. The second-order valence-corrected chi connectivity index (χ2v) is 3.69. The Labute approximate surface area is 87.7 Å². The van der Waals surface area contributed by atoms with Gasteiger partial charge in [-0.05, 0) is 0 Å². The molecule has 1 saturated carbocycles. The van der Waals surface area contributed by atoms with Crippen LogP contribution in [0.25, 0.3) is 0 Å². The average molecular weight is 214 g/mol. The van der Waals surface area contributed by atoms with Crippen molar-refractivity contribution in [3.05, 3.63) is 0 Å². The Balaban J connectivity index is 3.03. The van der Waals surface area contributed by atoms with Crippen molar-refractivity contribution in [2.45, 2.75) is 25.4 Å². The van der Waals surface area contributed by atoms with Crippen molar-refractivity contribution in [1.82, 2.24) is 0 Å². The molecule has 0 N–H and O–H groups in total. The number of ether oxygens (including phenoxy) is 2. The lowest BCUT2D eigenvalue weighted by Gasteiger charge is -2.33. The summed E-state index contributed by atoms with van der Waals surface area (Å²) in [6.07, 6.45) is -0.196. The van der Waals surface area contributed by atoms with E-state index >= 15 is 0 Å². The van der Waals surface area contributed by atoms with Gasteiger partial charge >= 0.3 is 5.97 Å². The van der Waals surface area contributed by atoms with Crippen LogP contribution in [0, 0.1) is 5.92 Å². The summed E-state index contributed by atoms with van der Waals surface area (Å²) in [6, 6.07) is 0. The molecule has 0 aromatic heterocycles. The van der Waals surface area contributed by atoms with Gasteiger partial charge in [-0.25, -0.2) is 4.79 Å². The van der Waals surface area contributed by atoms with Crippen LogP contribution in [0.5, 0.6) is 0 Å². The Morgan fingerprint density at radius 2 is 2.00 bits per heavy atom. The fourth-order valence-electron chi connectivity index (χ4n) is 1.78. The molecule has 0 amide bonds. The molecule has 15 heavy (non-hydrogen) atoms. The van der Waals surface area contributed by atoms with Crippen molar-refractivity contribution in [3.8, 4) is 0 Å². The van der Waals surface area contributed by atoms with E-state index in [-0.39, 0.29) is 24.5 Å². The van der Waals surface area contributed by atoms with Gasteiger partial charge < -0.3 is 9.47 Å². The molecule has 0 heterocycles. The smallest absolute Gasteiger partial charge is 0.346 e. The van der Waals surface area contributed by atoms with Crippen LogP contribution >= 0.6 is 0 Å². The second-order valence-electron chi connectivity index (χ2n) is 3.69. The number of esters is 1. The van der Waals surface area contributed by atoms with E-state index in [0.717, 1.165) is 0 Å². The largest absolute Gasteiger partial charge is 0.467 e. The number of carbonyl (C=O) groups is 3. The monoisotopic (exact) mass is 214 g/mol. The van der Waals surface area contributed by atoms with Crippen molar-refractivity contribution in [3.63, 3.8) is 0 Å². The number of hydrogen-bond acceptors (Lipinski definition) is 5. The Bertz CT molecular complexity index is 309. The molecular weight excluding hydrogens is 200 g/mol. The summed E-state index contributed by atoms with van der Waals surface area (Å²) in [5.41, 5.74) is -1.58. The molecule has 1 aliphatic rings. The van der Waals surface area contributed by atoms with E-state index in [9.17, 15) is 14.4 Å². The predicted molar refractivity (Wildman–Crippen MR) is 50.2 cm³/mol. The minimum absolute atomic E-state index is 0.0633. The van der Waals surface area contributed by atoms with Crippen LogP contribution in [0.4, 0.5) is 0 Å². The highest BCUT2D eigenvalue weighted by atomic mass is 16.6. The quantitative estimate of drug-likeness (QED) is 0.482. The number of Topliss-reactive ketones (excluding diaryl/α,β-unsaturated/α-hetero) is 2. The molecule has 0 aliphatic heterocycles. The zero-order valence-corrected chi connectivity index (χ0v) is 9.03. The first-order valence-electron chi connectivity index (χ1n) is 4.67. The Kier molecular flexibility index (Phi) is 3.24. The van der Waals surface area contributed by atoms with Crippen molar-refractivity contribution in [1.29, 1.82) is 0 Å². The first kappa shape index (κ1) is 11.8. The fraction of sp³-hybridized carbons (Fsp3) is 0.700. The van der Waals surface area contributed by atoms with Crippen LogP contribution in [0.3, 0.4) is 0 Å². The Morgan fingerprint density at radius 1 is 1.40 bits per heavy atom. The minimum atomic E-state index is -1.58. The van der Waals surface area contributed by atoms with Crippen molar-refractivity contribution < 1.29 is 23.9 Å². The molecule has 1 fully saturated rings. The van der Waals surface area contributed by atoms with Crippen molar-refractivity contribution in [2.24, 2.45) is 5.92 Å². The van der Waals surface area contributed by atoms with E-state index in [1.54, 1.807) is 6.92 Å². The molecule has 0 aromatic rings. The molecule has 1 aliphatic carbocycles. The van der Waals surface area contributed by atoms with E-state index in [0.29, 0.717) is 0 Å². The first-order valence-corrected chi connectivity index (χ1v) is 4.67. The number of ketones is 2. The molecule has 0 spiro atoms. The second kappa shape index (κ2) is 4.10. The lowest BCUT2D eigenvalue weighted by molar-refractivity contribution is -0.177. The van der Waals surface area contributed by atoms with Crippen LogP contribution in [0.1, 0.15) is 19.8 Å². The standard InChI is InChI=1S/C10H14O5/c1-6-5-10(15-3,9(13)14-2)8(12)4-7(6)11/h6H,4-5H2,1-3H3. The first-order chi connectivity index (χ1) is 6.97. The normalized spacial score (nSPS) is 31.5. The molecule has 0 aromatic carbocycles. The van der Waals surface area contributed by atoms with Gasteiger partial charge in [0.25, 0.3) is 0 Å². The van der Waals surface area contributed by atoms with Crippen LogP contribution in [0.15, 0.2) is 0 Å². The highest BCUT2D eigenvalue weighted by Gasteiger charge is 2.52. The van der Waals surface area contributed by atoms with Crippen LogP contribution < -0.4 is 0 Å². The summed E-state index contributed by atoms with van der Waals surface area (Å²) in [5, 5.41) is 0. The summed E-state index contributed by atoms with van der Waals surface area (Å²) >= 11 is 0. The van der Waals surface area contributed by atoms with Gasteiger partial charge in [0.05, 0.1) is 13.5 Å². The molecule has 2 unspecified atom stereocenters. The van der Waals surface area contributed by atoms with Gasteiger partial charge in [-0.3, -0.25) is 9.59 Å². The molecule has 5 heteroatoms. The maximum Gasteiger partial charge on any atom is 0.346 e. The summed E-state index contributed by atoms with van der Waals surface area (Å²) in [6.45, 7) is 1.67. The van der Waals surface area contributed by atoms with E-state index in [1.807, 2.05) is 0 Å². The van der Waals surface area contributed by atoms with Crippen LogP contribution in [-0.2, 0) is 23.9 Å². The maximum atomic E-state index is 11.7. The molecular formula is C10H14O5.